The predicted octanol–water partition coefficient (Wildman–Crippen LogP) is 1.12. The lowest BCUT2D eigenvalue weighted by atomic mass is 10.1. The fourth-order valence-corrected chi connectivity index (χ4v) is 1.30. The van der Waals surface area contributed by atoms with Crippen molar-refractivity contribution >= 4 is 23.6 Å². The van der Waals surface area contributed by atoms with Gasteiger partial charge in [0.2, 0.25) is 5.91 Å². The van der Waals surface area contributed by atoms with Gasteiger partial charge in [-0.05, 0) is 11.6 Å². The van der Waals surface area contributed by atoms with Crippen molar-refractivity contribution in [3.63, 3.8) is 0 Å². The van der Waals surface area contributed by atoms with Crippen molar-refractivity contribution in [1.82, 2.24) is 5.32 Å². The normalized spacial score (nSPS) is 10.4. The molecule has 5 heteroatoms. The number of nitrogens with two attached hydrogens (primary N) is 1. The lowest BCUT2D eigenvalue weighted by Gasteiger charge is -2.04. The number of carboxylic acid groups (broad SMARTS) is 1. The van der Waals surface area contributed by atoms with Crippen molar-refractivity contribution in [3.8, 4) is 0 Å². The van der Waals surface area contributed by atoms with E-state index in [-0.39, 0.29) is 17.2 Å². The summed E-state index contributed by atoms with van der Waals surface area (Å²) in [5.41, 5.74) is 6.62. The zero-order chi connectivity index (χ0) is 12.8. The topological polar surface area (TPSA) is 92.4 Å². The highest BCUT2D eigenvalue weighted by Crippen LogP contribution is 2.18. The van der Waals surface area contributed by atoms with Crippen LogP contribution >= 0.6 is 0 Å². The number of carbonyl (C=O) groups is 2. The van der Waals surface area contributed by atoms with E-state index in [2.05, 4.69) is 5.32 Å². The lowest BCUT2D eigenvalue weighted by molar-refractivity contribution is -0.118. The zero-order valence-corrected chi connectivity index (χ0v) is 9.43. The van der Waals surface area contributed by atoms with Crippen LogP contribution in [0.25, 0.3) is 6.08 Å². The second-order valence-electron chi connectivity index (χ2n) is 3.45. The average Bonchev–Trinajstić information content (AvgIpc) is 2.25. The molecule has 4 N–H and O–H groups in total. The van der Waals surface area contributed by atoms with Crippen LogP contribution in [0.4, 0.5) is 5.69 Å². The molecule has 0 unspecified atom stereocenters. The Labute approximate surface area is 98.9 Å². The Hall–Kier alpha value is -2.30. The van der Waals surface area contributed by atoms with Crippen LogP contribution in [0, 0.1) is 0 Å². The van der Waals surface area contributed by atoms with E-state index >= 15 is 0 Å². The number of carboxylic acids is 1. The highest BCUT2D eigenvalue weighted by Gasteiger charge is 2.08. The molecule has 0 saturated carbocycles. The molecule has 90 valence electrons. The molecule has 17 heavy (non-hydrogen) atoms. The highest BCUT2D eigenvalue weighted by molar-refractivity contribution is 5.95. The molecule has 0 heterocycles. The summed E-state index contributed by atoms with van der Waals surface area (Å²) in [6.07, 6.45) is 3.39. The van der Waals surface area contributed by atoms with Crippen LogP contribution < -0.4 is 11.1 Å². The summed E-state index contributed by atoms with van der Waals surface area (Å²) in [6, 6.07) is 4.78. The first-order valence-corrected chi connectivity index (χ1v) is 5.05. The maximum atomic E-state index is 10.8. The Morgan fingerprint density at radius 1 is 1.47 bits per heavy atom. The molecule has 0 radical (unpaired) electrons. The third kappa shape index (κ3) is 3.64. The molecule has 0 atom stereocenters. The first-order chi connectivity index (χ1) is 8.02. The number of rotatable bonds is 4. The fraction of sp³-hybridized carbons (Fsp3) is 0.167. The number of hydrogen-bond acceptors (Lipinski definition) is 3. The van der Waals surface area contributed by atoms with Gasteiger partial charge in [-0.2, -0.15) is 0 Å². The molecular weight excluding hydrogens is 220 g/mol. The molecule has 1 rings (SSSR count). The van der Waals surface area contributed by atoms with E-state index in [0.29, 0.717) is 12.1 Å². The number of nitrogens with one attached hydrogen (secondary N) is 1. The Bertz CT molecular complexity index is 467. The monoisotopic (exact) mass is 234 g/mol. The van der Waals surface area contributed by atoms with E-state index in [1.54, 1.807) is 24.3 Å². The van der Waals surface area contributed by atoms with Crippen molar-refractivity contribution in [2.75, 3.05) is 12.3 Å². The summed E-state index contributed by atoms with van der Waals surface area (Å²) >= 11 is 0. The summed E-state index contributed by atoms with van der Waals surface area (Å²) in [5, 5.41) is 11.5. The molecule has 0 spiro atoms. The molecule has 0 saturated heterocycles. The number of benzene rings is 1. The van der Waals surface area contributed by atoms with Crippen molar-refractivity contribution < 1.29 is 14.7 Å². The van der Waals surface area contributed by atoms with Gasteiger partial charge in [0.15, 0.2) is 0 Å². The van der Waals surface area contributed by atoms with Crippen molar-refractivity contribution in [1.29, 1.82) is 0 Å². The van der Waals surface area contributed by atoms with E-state index in [1.807, 2.05) is 0 Å². The van der Waals surface area contributed by atoms with Gasteiger partial charge in [-0.15, -0.1) is 0 Å². The van der Waals surface area contributed by atoms with Crippen LogP contribution in [-0.4, -0.2) is 23.5 Å². The van der Waals surface area contributed by atoms with Gasteiger partial charge in [0.25, 0.3) is 0 Å². The van der Waals surface area contributed by atoms with Gasteiger partial charge >= 0.3 is 5.97 Å². The Kier molecular flexibility index (Phi) is 4.28. The highest BCUT2D eigenvalue weighted by atomic mass is 16.4. The largest absolute Gasteiger partial charge is 0.478 e. The second kappa shape index (κ2) is 5.69. The number of anilines is 1. The molecular formula is C12H14N2O3. The maximum Gasteiger partial charge on any atom is 0.337 e. The first-order valence-electron chi connectivity index (χ1n) is 5.05. The molecule has 0 aliphatic rings. The number of nitrogen functional groups attached to an aromatic ring is 1. The van der Waals surface area contributed by atoms with E-state index in [9.17, 15) is 9.59 Å². The van der Waals surface area contributed by atoms with Crippen LogP contribution in [0.3, 0.4) is 0 Å². The standard InChI is InChI=1S/C12H14N2O3/c1-8(15)14-7-3-5-9-4-2-6-10(11(9)13)12(16)17/h2-6H,7,13H2,1H3,(H,14,15)(H,16,17). The third-order valence-corrected chi connectivity index (χ3v) is 2.14. The Balaban J connectivity index is 2.81. The number of amides is 1. The van der Waals surface area contributed by atoms with Crippen molar-refractivity contribution in [2.24, 2.45) is 0 Å². The molecule has 1 aromatic rings. The molecule has 5 nitrogen and oxygen atoms in total. The van der Waals surface area contributed by atoms with Crippen molar-refractivity contribution in [3.05, 3.63) is 35.4 Å². The Morgan fingerprint density at radius 2 is 2.18 bits per heavy atom. The van der Waals surface area contributed by atoms with Gasteiger partial charge < -0.3 is 16.2 Å². The summed E-state index contributed by atoms with van der Waals surface area (Å²) < 4.78 is 0. The van der Waals surface area contributed by atoms with E-state index < -0.39 is 5.97 Å². The SMILES string of the molecule is CC(=O)NCC=Cc1cccc(C(=O)O)c1N. The van der Waals surface area contributed by atoms with Gasteiger partial charge in [-0.1, -0.05) is 24.3 Å². The van der Waals surface area contributed by atoms with Gasteiger partial charge in [-0.25, -0.2) is 4.79 Å². The van der Waals surface area contributed by atoms with Gasteiger partial charge in [-0.3, -0.25) is 4.79 Å². The van der Waals surface area contributed by atoms with Crippen LogP contribution in [0.15, 0.2) is 24.3 Å². The van der Waals surface area contributed by atoms with Gasteiger partial charge in [0.05, 0.1) is 11.3 Å². The van der Waals surface area contributed by atoms with E-state index in [0.717, 1.165) is 0 Å². The minimum absolute atomic E-state index is 0.0756. The molecule has 0 aromatic heterocycles. The average molecular weight is 234 g/mol. The lowest BCUT2D eigenvalue weighted by Crippen LogP contribution is -2.19. The minimum atomic E-state index is -1.06. The predicted molar refractivity (Wildman–Crippen MR) is 65.5 cm³/mol. The van der Waals surface area contributed by atoms with E-state index in [4.69, 9.17) is 10.8 Å². The molecule has 1 aromatic carbocycles. The number of carbonyl (C=O) groups excluding carboxylic acids is 1. The molecule has 0 aliphatic heterocycles. The number of para-hydroxylation sites is 1. The van der Waals surface area contributed by atoms with Crippen LogP contribution in [-0.2, 0) is 4.79 Å². The number of hydrogen-bond donors (Lipinski definition) is 3. The van der Waals surface area contributed by atoms with E-state index in [1.165, 1.54) is 13.0 Å². The van der Waals surface area contributed by atoms with Crippen LogP contribution in [0.5, 0.6) is 0 Å². The van der Waals surface area contributed by atoms with Crippen molar-refractivity contribution in [2.45, 2.75) is 6.92 Å². The summed E-state index contributed by atoms with van der Waals surface area (Å²) in [7, 11) is 0. The smallest absolute Gasteiger partial charge is 0.337 e. The first kappa shape index (κ1) is 12.8. The quantitative estimate of drug-likeness (QED) is 0.680. The van der Waals surface area contributed by atoms with Crippen LogP contribution in [0.2, 0.25) is 0 Å². The number of aromatic carboxylic acids is 1. The summed E-state index contributed by atoms with van der Waals surface area (Å²) in [4.78, 5) is 21.5. The second-order valence-corrected chi connectivity index (χ2v) is 3.45. The molecule has 1 amide bonds. The minimum Gasteiger partial charge on any atom is -0.478 e. The fourth-order valence-electron chi connectivity index (χ4n) is 1.30. The third-order valence-electron chi connectivity index (χ3n) is 2.14. The van der Waals surface area contributed by atoms with Crippen LogP contribution in [0.1, 0.15) is 22.8 Å². The summed E-state index contributed by atoms with van der Waals surface area (Å²) in [5.74, 6) is -1.18. The molecule has 0 fully saturated rings. The van der Waals surface area contributed by atoms with Gasteiger partial charge in [0, 0.05) is 13.5 Å². The Morgan fingerprint density at radius 3 is 2.76 bits per heavy atom. The molecule has 0 bridgehead atoms. The van der Waals surface area contributed by atoms with Gasteiger partial charge in [0.1, 0.15) is 0 Å². The summed E-state index contributed by atoms with van der Waals surface area (Å²) in [6.45, 7) is 1.80. The zero-order valence-electron chi connectivity index (χ0n) is 9.43. The molecule has 0 aliphatic carbocycles. The maximum absolute atomic E-state index is 10.8.